The van der Waals surface area contributed by atoms with Crippen LogP contribution in [-0.2, 0) is 9.59 Å². The second kappa shape index (κ2) is 5.47. The molecule has 0 unspecified atom stereocenters. The predicted octanol–water partition coefficient (Wildman–Crippen LogP) is -0.566. The van der Waals surface area contributed by atoms with E-state index in [2.05, 4.69) is 10.6 Å². The quantitative estimate of drug-likeness (QED) is 0.637. The minimum absolute atomic E-state index is 0.108. The third kappa shape index (κ3) is 3.28. The molecule has 3 N–H and O–H groups in total. The molecule has 1 heterocycles. The summed E-state index contributed by atoms with van der Waals surface area (Å²) in [5, 5.41) is 14.1. The van der Waals surface area contributed by atoms with Gasteiger partial charge >= 0.3 is 12.0 Å². The van der Waals surface area contributed by atoms with Crippen molar-refractivity contribution in [3.8, 4) is 0 Å². The predicted molar refractivity (Wildman–Crippen MR) is 65.2 cm³/mol. The minimum Gasteiger partial charge on any atom is -0.480 e. The summed E-state index contributed by atoms with van der Waals surface area (Å²) in [4.78, 5) is 35.2. The van der Waals surface area contributed by atoms with Crippen LogP contribution < -0.4 is 10.6 Å². The van der Waals surface area contributed by atoms with Crippen molar-refractivity contribution in [1.29, 1.82) is 0 Å². The Morgan fingerprint density at radius 3 is 2.67 bits per heavy atom. The van der Waals surface area contributed by atoms with Crippen molar-refractivity contribution in [1.82, 2.24) is 15.5 Å². The molecule has 1 saturated heterocycles. The van der Waals surface area contributed by atoms with Crippen LogP contribution in [0.5, 0.6) is 0 Å². The summed E-state index contributed by atoms with van der Waals surface area (Å²) in [7, 11) is 0. The van der Waals surface area contributed by atoms with Gasteiger partial charge in [0.15, 0.2) is 0 Å². The first kappa shape index (κ1) is 13.0. The second-order valence-electron chi connectivity index (χ2n) is 4.32. The third-order valence-corrected chi connectivity index (χ3v) is 3.78. The van der Waals surface area contributed by atoms with E-state index in [0.29, 0.717) is 11.6 Å². The number of urea groups is 1. The fourth-order valence-corrected chi connectivity index (χ4v) is 2.76. The molecule has 2 rings (SSSR count). The molecule has 1 aliphatic carbocycles. The van der Waals surface area contributed by atoms with Gasteiger partial charge in [-0.3, -0.25) is 4.79 Å². The van der Waals surface area contributed by atoms with Crippen LogP contribution in [0.1, 0.15) is 12.8 Å². The maximum absolute atomic E-state index is 11.7. The third-order valence-electron chi connectivity index (χ3n) is 2.77. The van der Waals surface area contributed by atoms with Gasteiger partial charge in [0, 0.05) is 11.8 Å². The van der Waals surface area contributed by atoms with E-state index in [1.54, 1.807) is 0 Å². The second-order valence-corrected chi connectivity index (χ2v) is 5.32. The summed E-state index contributed by atoms with van der Waals surface area (Å²) in [6.07, 6.45) is 1.98. The van der Waals surface area contributed by atoms with E-state index in [1.807, 2.05) is 0 Å². The van der Waals surface area contributed by atoms with E-state index in [9.17, 15) is 14.4 Å². The number of carboxylic acid groups (broad SMARTS) is 1. The number of nitrogens with zero attached hydrogens (tertiary/aromatic N) is 1. The number of rotatable bonds is 4. The molecular formula is C10H15N3O4S. The summed E-state index contributed by atoms with van der Waals surface area (Å²) < 4.78 is 0. The molecule has 0 aromatic carbocycles. The summed E-state index contributed by atoms with van der Waals surface area (Å²) in [6.45, 7) is -0.108. The van der Waals surface area contributed by atoms with Crippen molar-refractivity contribution in [3.05, 3.63) is 0 Å². The number of hydrogen-bond donors (Lipinski definition) is 3. The maximum atomic E-state index is 11.7. The molecule has 1 saturated carbocycles. The molecule has 100 valence electrons. The molecule has 0 spiro atoms. The van der Waals surface area contributed by atoms with Gasteiger partial charge in [-0.2, -0.15) is 0 Å². The molecule has 7 nitrogen and oxygen atoms in total. The Hall–Kier alpha value is -1.44. The van der Waals surface area contributed by atoms with Crippen molar-refractivity contribution in [2.45, 2.75) is 24.9 Å². The highest BCUT2D eigenvalue weighted by atomic mass is 32.2. The Kier molecular flexibility index (Phi) is 3.95. The molecule has 0 aromatic rings. The highest BCUT2D eigenvalue weighted by Crippen LogP contribution is 2.21. The van der Waals surface area contributed by atoms with Gasteiger partial charge in [0.2, 0.25) is 5.91 Å². The number of carboxylic acids is 1. The van der Waals surface area contributed by atoms with E-state index in [0.717, 1.165) is 12.8 Å². The van der Waals surface area contributed by atoms with Gasteiger partial charge in [-0.25, -0.2) is 9.59 Å². The lowest BCUT2D eigenvalue weighted by Gasteiger charge is -2.20. The average molecular weight is 273 g/mol. The van der Waals surface area contributed by atoms with Crippen LogP contribution >= 0.6 is 11.8 Å². The van der Waals surface area contributed by atoms with Crippen molar-refractivity contribution in [3.63, 3.8) is 0 Å². The van der Waals surface area contributed by atoms with Crippen molar-refractivity contribution in [2.75, 3.05) is 18.2 Å². The van der Waals surface area contributed by atoms with Gasteiger partial charge in [-0.05, 0) is 12.8 Å². The standard InChI is InChI=1S/C10H15N3O4S/c14-8(12-6-1-2-6)3-11-10(17)13-5-18-4-7(13)9(15)16/h6-7H,1-5H2,(H,11,17)(H,12,14)(H,15,16)/t7-/m0/s1. The molecule has 1 atom stereocenters. The Balaban J connectivity index is 1.76. The first-order valence-corrected chi connectivity index (χ1v) is 6.88. The molecule has 0 radical (unpaired) electrons. The summed E-state index contributed by atoms with van der Waals surface area (Å²) in [6, 6.07) is -1.05. The lowest BCUT2D eigenvalue weighted by atomic mass is 10.3. The molecular weight excluding hydrogens is 258 g/mol. The zero-order valence-electron chi connectivity index (χ0n) is 9.72. The fourth-order valence-electron chi connectivity index (χ4n) is 1.61. The van der Waals surface area contributed by atoms with Gasteiger partial charge in [0.05, 0.1) is 12.4 Å². The zero-order valence-corrected chi connectivity index (χ0v) is 10.5. The van der Waals surface area contributed by atoms with Gasteiger partial charge < -0.3 is 20.6 Å². The summed E-state index contributed by atoms with van der Waals surface area (Å²) >= 11 is 1.39. The van der Waals surface area contributed by atoms with Crippen LogP contribution in [0, 0.1) is 0 Å². The van der Waals surface area contributed by atoms with Crippen LogP contribution in [0.2, 0.25) is 0 Å². The van der Waals surface area contributed by atoms with Crippen molar-refractivity contribution in [2.24, 2.45) is 0 Å². The summed E-state index contributed by atoms with van der Waals surface area (Å²) in [5.41, 5.74) is 0. The largest absolute Gasteiger partial charge is 0.480 e. The number of aliphatic carboxylic acids is 1. The normalized spacial score (nSPS) is 22.7. The first-order valence-electron chi connectivity index (χ1n) is 5.72. The van der Waals surface area contributed by atoms with Crippen LogP contribution in [0.4, 0.5) is 4.79 Å². The van der Waals surface area contributed by atoms with Crippen molar-refractivity contribution < 1.29 is 19.5 Å². The number of hydrogen-bond acceptors (Lipinski definition) is 4. The lowest BCUT2D eigenvalue weighted by molar-refractivity contribution is -0.140. The van der Waals surface area contributed by atoms with Crippen LogP contribution in [0.25, 0.3) is 0 Å². The minimum atomic E-state index is -1.02. The number of nitrogens with one attached hydrogen (secondary N) is 2. The highest BCUT2D eigenvalue weighted by molar-refractivity contribution is 7.99. The Bertz CT molecular complexity index is 372. The molecule has 3 amide bonds. The number of thioether (sulfide) groups is 1. The monoisotopic (exact) mass is 273 g/mol. The Morgan fingerprint density at radius 1 is 1.33 bits per heavy atom. The molecule has 0 aromatic heterocycles. The average Bonchev–Trinajstić information content (AvgIpc) is 2.98. The van der Waals surface area contributed by atoms with E-state index in [1.165, 1.54) is 16.7 Å². The number of amides is 3. The molecule has 8 heteroatoms. The van der Waals surface area contributed by atoms with Crippen LogP contribution in [0.3, 0.4) is 0 Å². The van der Waals surface area contributed by atoms with Crippen LogP contribution in [0.15, 0.2) is 0 Å². The number of carbonyl (C=O) groups is 3. The Labute approximate surface area is 108 Å². The molecule has 2 aliphatic rings. The summed E-state index contributed by atoms with van der Waals surface area (Å²) in [5.74, 6) is -0.522. The van der Waals surface area contributed by atoms with Gasteiger partial charge in [-0.1, -0.05) is 0 Å². The van der Waals surface area contributed by atoms with Crippen molar-refractivity contribution >= 4 is 29.7 Å². The van der Waals surface area contributed by atoms with Gasteiger partial charge in [0.1, 0.15) is 6.04 Å². The van der Waals surface area contributed by atoms with Gasteiger partial charge in [-0.15, -0.1) is 11.8 Å². The Morgan fingerprint density at radius 2 is 2.06 bits per heavy atom. The highest BCUT2D eigenvalue weighted by Gasteiger charge is 2.34. The lowest BCUT2D eigenvalue weighted by Crippen LogP contribution is -2.49. The fraction of sp³-hybridized carbons (Fsp3) is 0.700. The number of carbonyl (C=O) groups excluding carboxylic acids is 2. The van der Waals surface area contributed by atoms with E-state index < -0.39 is 18.0 Å². The topological polar surface area (TPSA) is 98.7 Å². The van der Waals surface area contributed by atoms with E-state index >= 15 is 0 Å². The maximum Gasteiger partial charge on any atom is 0.327 e. The van der Waals surface area contributed by atoms with Gasteiger partial charge in [0.25, 0.3) is 0 Å². The first-order chi connectivity index (χ1) is 8.58. The SMILES string of the molecule is O=C(CNC(=O)N1CSC[C@H]1C(=O)O)NC1CC1. The molecule has 2 fully saturated rings. The molecule has 18 heavy (non-hydrogen) atoms. The van der Waals surface area contributed by atoms with Crippen LogP contribution in [-0.4, -0.2) is 58.2 Å². The zero-order chi connectivity index (χ0) is 13.1. The van der Waals surface area contributed by atoms with E-state index in [4.69, 9.17) is 5.11 Å². The molecule has 1 aliphatic heterocycles. The molecule has 0 bridgehead atoms. The smallest absolute Gasteiger partial charge is 0.327 e. The van der Waals surface area contributed by atoms with E-state index in [-0.39, 0.29) is 18.5 Å².